The van der Waals surface area contributed by atoms with Crippen LogP contribution in [0.15, 0.2) is 51.7 Å². The number of carbonyl (C=O) groups is 1. The van der Waals surface area contributed by atoms with Gasteiger partial charge in [-0.3, -0.25) is 4.79 Å². The van der Waals surface area contributed by atoms with Crippen LogP contribution in [0.1, 0.15) is 0 Å². The summed E-state index contributed by atoms with van der Waals surface area (Å²) >= 11 is 0. The Bertz CT molecular complexity index is 863. The maximum atomic E-state index is 12.3. The lowest BCUT2D eigenvalue weighted by Crippen LogP contribution is -2.28. The van der Waals surface area contributed by atoms with Crippen molar-refractivity contribution in [3.8, 4) is 5.75 Å². The number of aliphatic carboxylic acids is 1. The number of carbonyl (C=O) groups excluding carboxylic acids is 1. The molecule has 0 radical (unpaired) electrons. The van der Waals surface area contributed by atoms with Gasteiger partial charge in [-0.1, -0.05) is 12.1 Å². The molecule has 0 N–H and O–H groups in total. The Morgan fingerprint density at radius 2 is 1.85 bits per heavy atom. The second-order valence-corrected chi connectivity index (χ2v) is 4.25. The van der Waals surface area contributed by atoms with Gasteiger partial charge < -0.3 is 19.1 Å². The van der Waals surface area contributed by atoms with Crippen LogP contribution in [0, 0.1) is 0 Å². The van der Waals surface area contributed by atoms with Crippen molar-refractivity contribution in [1.29, 1.82) is 0 Å². The molecule has 0 saturated carbocycles. The third kappa shape index (κ3) is 2.09. The molecule has 5 nitrogen and oxygen atoms in total. The lowest BCUT2D eigenvalue weighted by molar-refractivity contribution is -0.307. The van der Waals surface area contributed by atoms with E-state index >= 15 is 0 Å². The predicted molar refractivity (Wildman–Crippen MR) is 70.5 cm³/mol. The third-order valence-corrected chi connectivity index (χ3v) is 2.90. The van der Waals surface area contributed by atoms with Crippen LogP contribution < -0.4 is 15.3 Å². The molecular formula is C15H9O5-. The standard InChI is InChI=1S/C15H10O5/c16-14(17)8-19-9-5-6-13-11(7-9)15(18)10-3-1-2-4-12(10)20-13/h1-7H,8H2,(H,16,17)/p-1. The topological polar surface area (TPSA) is 79.6 Å². The van der Waals surface area contributed by atoms with Crippen LogP contribution >= 0.6 is 0 Å². The number of benzene rings is 2. The molecule has 1 aromatic heterocycles. The molecular weight excluding hydrogens is 260 g/mol. The molecule has 3 aromatic rings. The Labute approximate surface area is 113 Å². The summed E-state index contributed by atoms with van der Waals surface area (Å²) in [5, 5.41) is 11.2. The van der Waals surface area contributed by atoms with Gasteiger partial charge in [-0.05, 0) is 30.3 Å². The summed E-state index contributed by atoms with van der Waals surface area (Å²) in [5.74, 6) is -1.04. The summed E-state index contributed by atoms with van der Waals surface area (Å²) in [5.41, 5.74) is 0.753. The average molecular weight is 269 g/mol. The van der Waals surface area contributed by atoms with Crippen LogP contribution in [0.25, 0.3) is 21.9 Å². The zero-order chi connectivity index (χ0) is 14.1. The van der Waals surface area contributed by atoms with E-state index in [2.05, 4.69) is 0 Å². The van der Waals surface area contributed by atoms with Crippen LogP contribution in [0.2, 0.25) is 0 Å². The fourth-order valence-electron chi connectivity index (χ4n) is 2.01. The van der Waals surface area contributed by atoms with Crippen molar-refractivity contribution < 1.29 is 19.1 Å². The highest BCUT2D eigenvalue weighted by molar-refractivity contribution is 5.90. The number of hydrogen-bond acceptors (Lipinski definition) is 5. The van der Waals surface area contributed by atoms with E-state index in [0.717, 1.165) is 0 Å². The van der Waals surface area contributed by atoms with Gasteiger partial charge in [-0.25, -0.2) is 0 Å². The molecule has 0 saturated heterocycles. The summed E-state index contributed by atoms with van der Waals surface area (Å²) in [6.45, 7) is -0.565. The molecule has 1 heterocycles. The maximum absolute atomic E-state index is 12.3. The number of rotatable bonds is 3. The van der Waals surface area contributed by atoms with Crippen molar-refractivity contribution in [1.82, 2.24) is 0 Å². The van der Waals surface area contributed by atoms with Gasteiger partial charge in [-0.2, -0.15) is 0 Å². The van der Waals surface area contributed by atoms with Crippen LogP contribution in [0.3, 0.4) is 0 Å². The summed E-state index contributed by atoms with van der Waals surface area (Å²) < 4.78 is 10.6. The van der Waals surface area contributed by atoms with Gasteiger partial charge in [0.1, 0.15) is 23.5 Å². The van der Waals surface area contributed by atoms with Crippen molar-refractivity contribution in [2.45, 2.75) is 0 Å². The summed E-state index contributed by atoms with van der Waals surface area (Å²) in [4.78, 5) is 22.7. The fourth-order valence-corrected chi connectivity index (χ4v) is 2.01. The molecule has 100 valence electrons. The van der Waals surface area contributed by atoms with Crippen LogP contribution in [-0.2, 0) is 4.79 Å². The summed E-state index contributed by atoms with van der Waals surface area (Å²) in [6.07, 6.45) is 0. The Kier molecular flexibility index (Phi) is 2.87. The highest BCUT2D eigenvalue weighted by Gasteiger charge is 2.08. The second kappa shape index (κ2) is 4.70. The number of carboxylic acid groups (broad SMARTS) is 1. The molecule has 0 aliphatic rings. The van der Waals surface area contributed by atoms with Crippen LogP contribution in [-0.4, -0.2) is 12.6 Å². The first kappa shape index (κ1) is 12.2. The van der Waals surface area contributed by atoms with Gasteiger partial charge in [0.25, 0.3) is 0 Å². The number of fused-ring (bicyclic) bond motifs is 2. The molecule has 0 aliphatic heterocycles. The number of para-hydroxylation sites is 1. The third-order valence-electron chi connectivity index (χ3n) is 2.90. The zero-order valence-electron chi connectivity index (χ0n) is 10.3. The zero-order valence-corrected chi connectivity index (χ0v) is 10.3. The van der Waals surface area contributed by atoms with E-state index in [1.807, 2.05) is 0 Å². The number of ether oxygens (including phenoxy) is 1. The molecule has 0 atom stereocenters. The minimum Gasteiger partial charge on any atom is -0.546 e. The lowest BCUT2D eigenvalue weighted by atomic mass is 10.1. The SMILES string of the molecule is O=C([O-])COc1ccc2oc3ccccc3c(=O)c2c1. The van der Waals surface area contributed by atoms with Gasteiger partial charge in [0, 0.05) is 0 Å². The quantitative estimate of drug-likeness (QED) is 0.664. The van der Waals surface area contributed by atoms with Crippen LogP contribution in [0.5, 0.6) is 5.75 Å². The Morgan fingerprint density at radius 3 is 2.65 bits per heavy atom. The smallest absolute Gasteiger partial charge is 0.200 e. The minimum absolute atomic E-state index is 0.180. The van der Waals surface area contributed by atoms with Gasteiger partial charge in [0.15, 0.2) is 0 Å². The molecule has 5 heteroatoms. The van der Waals surface area contributed by atoms with E-state index in [1.54, 1.807) is 36.4 Å². The van der Waals surface area contributed by atoms with Crippen LogP contribution in [0.4, 0.5) is 0 Å². The molecule has 0 amide bonds. The van der Waals surface area contributed by atoms with Crippen molar-refractivity contribution in [3.05, 3.63) is 52.7 Å². The normalized spacial score (nSPS) is 10.8. The highest BCUT2D eigenvalue weighted by atomic mass is 16.5. The van der Waals surface area contributed by atoms with Gasteiger partial charge >= 0.3 is 0 Å². The van der Waals surface area contributed by atoms with Crippen molar-refractivity contribution >= 4 is 27.9 Å². The second-order valence-electron chi connectivity index (χ2n) is 4.25. The average Bonchev–Trinajstić information content (AvgIpc) is 2.46. The number of carboxylic acids is 1. The highest BCUT2D eigenvalue weighted by Crippen LogP contribution is 2.22. The van der Waals surface area contributed by atoms with E-state index in [9.17, 15) is 14.7 Å². The van der Waals surface area contributed by atoms with E-state index in [4.69, 9.17) is 9.15 Å². The van der Waals surface area contributed by atoms with Crippen molar-refractivity contribution in [2.24, 2.45) is 0 Å². The molecule has 0 unspecified atom stereocenters. The first-order chi connectivity index (χ1) is 9.65. The molecule has 2 aromatic carbocycles. The first-order valence-electron chi connectivity index (χ1n) is 5.93. The van der Waals surface area contributed by atoms with E-state index in [1.165, 1.54) is 6.07 Å². The van der Waals surface area contributed by atoms with Gasteiger partial charge in [-0.15, -0.1) is 0 Å². The summed E-state index contributed by atoms with van der Waals surface area (Å²) in [7, 11) is 0. The van der Waals surface area contributed by atoms with Gasteiger partial charge in [0.05, 0.1) is 16.7 Å². The molecule has 3 rings (SSSR count). The summed E-state index contributed by atoms with van der Waals surface area (Å²) in [6, 6.07) is 11.5. The minimum atomic E-state index is -1.32. The van der Waals surface area contributed by atoms with Crippen molar-refractivity contribution in [2.75, 3.05) is 6.61 Å². The van der Waals surface area contributed by atoms with E-state index < -0.39 is 12.6 Å². The Hall–Kier alpha value is -2.82. The molecule has 20 heavy (non-hydrogen) atoms. The predicted octanol–water partition coefficient (Wildman–Crippen LogP) is 1.07. The fraction of sp³-hybridized carbons (Fsp3) is 0.0667. The Balaban J connectivity index is 2.18. The van der Waals surface area contributed by atoms with E-state index in [-0.39, 0.29) is 11.2 Å². The molecule has 0 fully saturated rings. The molecule has 0 aliphatic carbocycles. The lowest BCUT2D eigenvalue weighted by Gasteiger charge is -2.07. The van der Waals surface area contributed by atoms with Crippen molar-refractivity contribution in [3.63, 3.8) is 0 Å². The largest absolute Gasteiger partial charge is 0.546 e. The van der Waals surface area contributed by atoms with Gasteiger partial charge in [0.2, 0.25) is 5.43 Å². The Morgan fingerprint density at radius 1 is 1.10 bits per heavy atom. The number of hydrogen-bond donors (Lipinski definition) is 0. The maximum Gasteiger partial charge on any atom is 0.200 e. The molecule has 0 bridgehead atoms. The molecule has 0 spiro atoms. The monoisotopic (exact) mass is 269 g/mol. The first-order valence-corrected chi connectivity index (χ1v) is 5.93. The van der Waals surface area contributed by atoms with E-state index in [0.29, 0.717) is 21.9 Å².